The molecule has 2 fully saturated rings. The molecule has 0 radical (unpaired) electrons. The van der Waals surface area contributed by atoms with Crippen molar-refractivity contribution in [3.63, 3.8) is 0 Å². The first-order valence-electron chi connectivity index (χ1n) is 8.13. The van der Waals surface area contributed by atoms with Gasteiger partial charge in [0.1, 0.15) is 11.7 Å². The zero-order valence-electron chi connectivity index (χ0n) is 13.5. The van der Waals surface area contributed by atoms with Crippen LogP contribution in [0.15, 0.2) is 24.3 Å². The molecule has 0 saturated carbocycles. The molecular formula is C18H23NO3. The standard InChI is InChI=1S/C18H23NO3/c1-17(2,3)22-16(20)19-10-8-18(9-11-19)13-7-5-4-6-12(13)14-15(18)21-14/h4-7,14-15H,8-11H2,1-3H3/t14-,15-/m1/s1. The molecule has 1 aliphatic carbocycles. The number of likely N-dealkylation sites (tertiary alicyclic amines) is 1. The second-order valence-corrected chi connectivity index (χ2v) is 7.69. The largest absolute Gasteiger partial charge is 0.444 e. The van der Waals surface area contributed by atoms with E-state index in [9.17, 15) is 4.79 Å². The molecular weight excluding hydrogens is 278 g/mol. The average Bonchev–Trinajstić information content (AvgIpc) is 3.22. The first-order chi connectivity index (χ1) is 10.4. The summed E-state index contributed by atoms with van der Waals surface area (Å²) in [5.74, 6) is 0. The molecule has 0 unspecified atom stereocenters. The second kappa shape index (κ2) is 4.48. The Hall–Kier alpha value is -1.55. The maximum Gasteiger partial charge on any atom is 0.410 e. The third-order valence-electron chi connectivity index (χ3n) is 5.15. The molecule has 2 saturated heterocycles. The van der Waals surface area contributed by atoms with Gasteiger partial charge in [-0.2, -0.15) is 0 Å². The Morgan fingerprint density at radius 1 is 1.27 bits per heavy atom. The van der Waals surface area contributed by atoms with Crippen molar-refractivity contribution in [2.75, 3.05) is 13.1 Å². The number of carbonyl (C=O) groups is 1. The smallest absolute Gasteiger partial charge is 0.410 e. The summed E-state index contributed by atoms with van der Waals surface area (Å²) in [4.78, 5) is 14.1. The van der Waals surface area contributed by atoms with Gasteiger partial charge in [-0.3, -0.25) is 0 Å². The highest BCUT2D eigenvalue weighted by molar-refractivity contribution is 5.68. The fourth-order valence-corrected chi connectivity index (χ4v) is 4.09. The van der Waals surface area contributed by atoms with Gasteiger partial charge in [0, 0.05) is 18.5 Å². The molecule has 2 aliphatic heterocycles. The average molecular weight is 301 g/mol. The Morgan fingerprint density at radius 3 is 2.64 bits per heavy atom. The van der Waals surface area contributed by atoms with Gasteiger partial charge in [-0.05, 0) is 44.7 Å². The number of fused-ring (bicyclic) bond motifs is 5. The number of benzene rings is 1. The first-order valence-corrected chi connectivity index (χ1v) is 8.13. The molecule has 0 N–H and O–H groups in total. The highest BCUT2D eigenvalue weighted by Gasteiger charge is 2.63. The number of amides is 1. The lowest BCUT2D eigenvalue weighted by atomic mass is 9.73. The van der Waals surface area contributed by atoms with Gasteiger partial charge in [0.15, 0.2) is 0 Å². The number of hydrogen-bond donors (Lipinski definition) is 0. The summed E-state index contributed by atoms with van der Waals surface area (Å²) >= 11 is 0. The van der Waals surface area contributed by atoms with Crippen LogP contribution in [0.4, 0.5) is 4.79 Å². The van der Waals surface area contributed by atoms with Crippen molar-refractivity contribution >= 4 is 6.09 Å². The maximum absolute atomic E-state index is 12.2. The van der Waals surface area contributed by atoms with E-state index in [4.69, 9.17) is 9.47 Å². The van der Waals surface area contributed by atoms with Crippen LogP contribution in [0.1, 0.15) is 50.8 Å². The molecule has 0 aromatic heterocycles. The minimum atomic E-state index is -0.434. The lowest BCUT2D eigenvalue weighted by Crippen LogP contribution is -2.48. The van der Waals surface area contributed by atoms with E-state index < -0.39 is 5.60 Å². The van der Waals surface area contributed by atoms with Crippen LogP contribution in [0.3, 0.4) is 0 Å². The van der Waals surface area contributed by atoms with Gasteiger partial charge in [0.2, 0.25) is 0 Å². The molecule has 0 bridgehead atoms. The van der Waals surface area contributed by atoms with Gasteiger partial charge in [-0.25, -0.2) is 4.79 Å². The summed E-state index contributed by atoms with van der Waals surface area (Å²) in [5, 5.41) is 0. The van der Waals surface area contributed by atoms with Crippen molar-refractivity contribution in [3.05, 3.63) is 35.4 Å². The van der Waals surface area contributed by atoms with Gasteiger partial charge >= 0.3 is 6.09 Å². The Bertz CT molecular complexity index is 611. The normalized spacial score (nSPS) is 28.2. The van der Waals surface area contributed by atoms with E-state index in [0.29, 0.717) is 12.2 Å². The van der Waals surface area contributed by atoms with Crippen molar-refractivity contribution in [2.24, 2.45) is 0 Å². The van der Waals surface area contributed by atoms with E-state index in [1.807, 2.05) is 25.7 Å². The molecule has 4 heteroatoms. The monoisotopic (exact) mass is 301 g/mol. The van der Waals surface area contributed by atoms with E-state index in [2.05, 4.69) is 24.3 Å². The lowest BCUT2D eigenvalue weighted by molar-refractivity contribution is 0.0146. The van der Waals surface area contributed by atoms with Crippen molar-refractivity contribution in [1.29, 1.82) is 0 Å². The first kappa shape index (κ1) is 14.1. The topological polar surface area (TPSA) is 42.1 Å². The molecule has 118 valence electrons. The fraction of sp³-hybridized carbons (Fsp3) is 0.611. The molecule has 4 nitrogen and oxygen atoms in total. The van der Waals surface area contributed by atoms with Crippen LogP contribution in [-0.2, 0) is 14.9 Å². The van der Waals surface area contributed by atoms with Crippen molar-refractivity contribution in [1.82, 2.24) is 4.90 Å². The van der Waals surface area contributed by atoms with Crippen LogP contribution in [-0.4, -0.2) is 35.8 Å². The van der Waals surface area contributed by atoms with Crippen molar-refractivity contribution in [3.8, 4) is 0 Å². The molecule has 1 aromatic carbocycles. The molecule has 1 amide bonds. The fourth-order valence-electron chi connectivity index (χ4n) is 4.09. The number of nitrogens with zero attached hydrogens (tertiary/aromatic N) is 1. The zero-order valence-corrected chi connectivity index (χ0v) is 13.5. The number of epoxide rings is 1. The van der Waals surface area contributed by atoms with Gasteiger partial charge in [-0.15, -0.1) is 0 Å². The zero-order chi connectivity index (χ0) is 15.5. The van der Waals surface area contributed by atoms with Crippen LogP contribution in [0, 0.1) is 0 Å². The highest BCUT2D eigenvalue weighted by atomic mass is 16.6. The SMILES string of the molecule is CC(C)(C)OC(=O)N1CCC2(CC1)c1ccccc1[C@H]1O[C@H]12. The Labute approximate surface area is 131 Å². The van der Waals surface area contributed by atoms with Crippen LogP contribution in [0.2, 0.25) is 0 Å². The summed E-state index contributed by atoms with van der Waals surface area (Å²) in [7, 11) is 0. The van der Waals surface area contributed by atoms with E-state index in [0.717, 1.165) is 25.9 Å². The summed E-state index contributed by atoms with van der Waals surface area (Å²) in [6, 6.07) is 8.64. The van der Waals surface area contributed by atoms with Gasteiger partial charge < -0.3 is 14.4 Å². The maximum atomic E-state index is 12.2. The van der Waals surface area contributed by atoms with E-state index in [-0.39, 0.29) is 11.5 Å². The molecule has 4 rings (SSSR count). The lowest BCUT2D eigenvalue weighted by Gasteiger charge is -2.40. The quantitative estimate of drug-likeness (QED) is 0.690. The summed E-state index contributed by atoms with van der Waals surface area (Å²) in [5.41, 5.74) is 2.48. The summed E-state index contributed by atoms with van der Waals surface area (Å²) < 4.78 is 11.4. The van der Waals surface area contributed by atoms with Crippen LogP contribution >= 0.6 is 0 Å². The Morgan fingerprint density at radius 2 is 1.95 bits per heavy atom. The Kier molecular flexibility index (Phi) is 2.86. The van der Waals surface area contributed by atoms with E-state index >= 15 is 0 Å². The van der Waals surface area contributed by atoms with Crippen molar-refractivity contribution in [2.45, 2.75) is 56.8 Å². The predicted molar refractivity (Wildman–Crippen MR) is 82.8 cm³/mol. The molecule has 2 atom stereocenters. The summed E-state index contributed by atoms with van der Waals surface area (Å²) in [6.07, 6.45) is 2.35. The van der Waals surface area contributed by atoms with Gasteiger partial charge in [-0.1, -0.05) is 24.3 Å². The Balaban J connectivity index is 1.50. The third-order valence-corrected chi connectivity index (χ3v) is 5.15. The van der Waals surface area contributed by atoms with Gasteiger partial charge in [0.05, 0.1) is 6.10 Å². The van der Waals surface area contributed by atoms with Crippen molar-refractivity contribution < 1.29 is 14.3 Å². The van der Waals surface area contributed by atoms with Crippen LogP contribution < -0.4 is 0 Å². The molecule has 1 spiro atoms. The predicted octanol–water partition coefficient (Wildman–Crippen LogP) is 3.41. The number of piperidine rings is 1. The number of hydrogen-bond acceptors (Lipinski definition) is 3. The molecule has 1 aromatic rings. The minimum absolute atomic E-state index is 0.111. The number of rotatable bonds is 0. The highest BCUT2D eigenvalue weighted by Crippen LogP contribution is 2.62. The number of ether oxygens (including phenoxy) is 2. The molecule has 3 aliphatic rings. The summed E-state index contributed by atoms with van der Waals surface area (Å²) in [6.45, 7) is 7.22. The molecule has 22 heavy (non-hydrogen) atoms. The molecule has 2 heterocycles. The van der Waals surface area contributed by atoms with Crippen LogP contribution in [0.25, 0.3) is 0 Å². The number of carbonyl (C=O) groups excluding carboxylic acids is 1. The van der Waals surface area contributed by atoms with E-state index in [1.165, 1.54) is 11.1 Å². The second-order valence-electron chi connectivity index (χ2n) is 7.69. The van der Waals surface area contributed by atoms with Gasteiger partial charge in [0.25, 0.3) is 0 Å². The van der Waals surface area contributed by atoms with Crippen LogP contribution in [0.5, 0.6) is 0 Å². The third kappa shape index (κ3) is 2.04. The van der Waals surface area contributed by atoms with E-state index in [1.54, 1.807) is 0 Å². The minimum Gasteiger partial charge on any atom is -0.444 e.